The molecule has 3 aromatic rings. The van der Waals surface area contributed by atoms with Crippen molar-refractivity contribution in [2.24, 2.45) is 5.10 Å². The molecule has 0 fully saturated rings. The van der Waals surface area contributed by atoms with E-state index in [0.717, 1.165) is 17.7 Å². The van der Waals surface area contributed by atoms with Crippen molar-refractivity contribution in [1.82, 2.24) is 5.43 Å². The topological polar surface area (TPSA) is 59.9 Å². The van der Waals surface area contributed by atoms with Crippen molar-refractivity contribution < 1.29 is 27.4 Å². The second-order valence-corrected chi connectivity index (χ2v) is 7.98. The van der Waals surface area contributed by atoms with Crippen LogP contribution in [0.15, 0.2) is 70.2 Å². The molecule has 0 aliphatic carbocycles. The Balaban J connectivity index is 1.72. The number of methoxy groups -OCH3 is 1. The van der Waals surface area contributed by atoms with Gasteiger partial charge in [-0.25, -0.2) is 5.43 Å². The van der Waals surface area contributed by atoms with Crippen LogP contribution in [-0.2, 0) is 12.8 Å². The summed E-state index contributed by atoms with van der Waals surface area (Å²) in [5, 5.41) is 4.39. The zero-order chi connectivity index (χ0) is 24.0. The van der Waals surface area contributed by atoms with Crippen molar-refractivity contribution in [3.05, 3.63) is 92.4 Å². The molecule has 0 bridgehead atoms. The highest BCUT2D eigenvalue weighted by molar-refractivity contribution is 9.10. The molecule has 3 aromatic carbocycles. The summed E-state index contributed by atoms with van der Waals surface area (Å²) in [6.45, 7) is 0.272. The fourth-order valence-corrected chi connectivity index (χ4v) is 3.54. The normalized spacial score (nSPS) is 11.5. The van der Waals surface area contributed by atoms with Crippen molar-refractivity contribution in [3.8, 4) is 11.5 Å². The van der Waals surface area contributed by atoms with Crippen LogP contribution in [0.4, 0.5) is 13.2 Å². The summed E-state index contributed by atoms with van der Waals surface area (Å²) < 4.78 is 51.1. The standard InChI is InChI=1S/C23H17BrClF3N2O3/c1-32-20-11-15(10-19(24)21(20)33-13-14-6-8-16(25)9-7-14)12-29-30-22(31)17-4-2-3-5-18(17)23(26,27)28/h2-12H,13H2,1H3,(H,30,31)/b29-12+. The van der Waals surface area contributed by atoms with Gasteiger partial charge in [-0.15, -0.1) is 0 Å². The summed E-state index contributed by atoms with van der Waals surface area (Å²) in [5.41, 5.74) is 1.98. The minimum absolute atomic E-state index is 0.272. The van der Waals surface area contributed by atoms with Crippen LogP contribution in [0.2, 0.25) is 5.02 Å². The molecule has 0 radical (unpaired) electrons. The molecule has 0 atom stereocenters. The molecule has 0 saturated heterocycles. The van der Waals surface area contributed by atoms with Crippen LogP contribution in [-0.4, -0.2) is 19.2 Å². The number of ether oxygens (including phenoxy) is 2. The first-order valence-electron chi connectivity index (χ1n) is 9.43. The second kappa shape index (κ2) is 10.7. The number of benzene rings is 3. The zero-order valence-electron chi connectivity index (χ0n) is 17.1. The molecule has 10 heteroatoms. The quantitative estimate of drug-likeness (QED) is 0.275. The first kappa shape index (κ1) is 24.6. The molecule has 1 amide bonds. The number of carbonyl (C=O) groups is 1. The first-order valence-corrected chi connectivity index (χ1v) is 10.6. The predicted molar refractivity (Wildman–Crippen MR) is 123 cm³/mol. The van der Waals surface area contributed by atoms with Gasteiger partial charge in [0.25, 0.3) is 5.91 Å². The molecule has 0 saturated carbocycles. The van der Waals surface area contributed by atoms with Gasteiger partial charge in [0.15, 0.2) is 11.5 Å². The van der Waals surface area contributed by atoms with E-state index < -0.39 is 23.2 Å². The summed E-state index contributed by atoms with van der Waals surface area (Å²) in [4.78, 5) is 12.2. The number of carbonyl (C=O) groups excluding carboxylic acids is 1. The number of alkyl halides is 3. The fraction of sp³-hybridized carbons (Fsp3) is 0.130. The number of hydrogen-bond donors (Lipinski definition) is 1. The third-order valence-electron chi connectivity index (χ3n) is 4.41. The van der Waals surface area contributed by atoms with Gasteiger partial charge >= 0.3 is 6.18 Å². The Morgan fingerprint density at radius 2 is 1.85 bits per heavy atom. The van der Waals surface area contributed by atoms with Crippen LogP contribution < -0.4 is 14.9 Å². The summed E-state index contributed by atoms with van der Waals surface area (Å²) in [7, 11) is 1.47. The summed E-state index contributed by atoms with van der Waals surface area (Å²) in [5.74, 6) is -0.130. The zero-order valence-corrected chi connectivity index (χ0v) is 19.5. The van der Waals surface area contributed by atoms with Crippen LogP contribution in [0.25, 0.3) is 0 Å². The van der Waals surface area contributed by atoms with E-state index in [-0.39, 0.29) is 6.61 Å². The Morgan fingerprint density at radius 3 is 2.52 bits per heavy atom. The molecule has 0 aliphatic rings. The van der Waals surface area contributed by atoms with Crippen LogP contribution >= 0.6 is 27.5 Å². The number of halogens is 5. The number of hydrogen-bond acceptors (Lipinski definition) is 4. The fourth-order valence-electron chi connectivity index (χ4n) is 2.84. The Kier molecular flexibility index (Phi) is 7.99. The first-order chi connectivity index (χ1) is 15.7. The predicted octanol–water partition coefficient (Wildman–Crippen LogP) is 6.47. The third kappa shape index (κ3) is 6.49. The van der Waals surface area contributed by atoms with E-state index in [1.807, 2.05) is 12.1 Å². The summed E-state index contributed by atoms with van der Waals surface area (Å²) in [6, 6.07) is 14.9. The Labute approximate surface area is 201 Å². The van der Waals surface area contributed by atoms with E-state index >= 15 is 0 Å². The van der Waals surface area contributed by atoms with Gasteiger partial charge in [-0.3, -0.25) is 4.79 Å². The number of rotatable bonds is 7. The van der Waals surface area contributed by atoms with Crippen LogP contribution in [0.1, 0.15) is 27.0 Å². The second-order valence-electron chi connectivity index (χ2n) is 6.69. The van der Waals surface area contributed by atoms with Crippen LogP contribution in [0.3, 0.4) is 0 Å². The van der Waals surface area contributed by atoms with Gasteiger partial charge in [-0.2, -0.15) is 18.3 Å². The van der Waals surface area contributed by atoms with Gasteiger partial charge in [0, 0.05) is 5.02 Å². The van der Waals surface area contributed by atoms with Crippen molar-refractivity contribution in [2.45, 2.75) is 12.8 Å². The maximum atomic E-state index is 13.1. The molecule has 0 heterocycles. The lowest BCUT2D eigenvalue weighted by atomic mass is 10.1. The van der Waals surface area contributed by atoms with Crippen LogP contribution in [0, 0.1) is 0 Å². The van der Waals surface area contributed by atoms with Gasteiger partial charge in [-0.1, -0.05) is 35.9 Å². The van der Waals surface area contributed by atoms with E-state index in [4.69, 9.17) is 21.1 Å². The lowest BCUT2D eigenvalue weighted by molar-refractivity contribution is -0.137. The number of hydrazone groups is 1. The smallest absolute Gasteiger partial charge is 0.417 e. The average molecular weight is 542 g/mol. The molecule has 5 nitrogen and oxygen atoms in total. The van der Waals surface area contributed by atoms with E-state index in [0.29, 0.717) is 26.6 Å². The molecule has 3 rings (SSSR count). The molecule has 172 valence electrons. The Hall–Kier alpha value is -3.04. The number of nitrogens with zero attached hydrogens (tertiary/aromatic N) is 1. The highest BCUT2D eigenvalue weighted by Gasteiger charge is 2.34. The molecular formula is C23H17BrClF3N2O3. The molecule has 0 aliphatic heterocycles. The van der Waals surface area contributed by atoms with Crippen LogP contribution in [0.5, 0.6) is 11.5 Å². The van der Waals surface area contributed by atoms with E-state index in [2.05, 4.69) is 26.5 Å². The van der Waals surface area contributed by atoms with Crippen molar-refractivity contribution >= 4 is 39.7 Å². The molecule has 1 N–H and O–H groups in total. The number of amides is 1. The van der Waals surface area contributed by atoms with E-state index in [1.165, 1.54) is 25.5 Å². The van der Waals surface area contributed by atoms with Gasteiger partial charge in [0.2, 0.25) is 0 Å². The molecule has 0 spiro atoms. The average Bonchev–Trinajstić information content (AvgIpc) is 2.78. The van der Waals surface area contributed by atoms with E-state index in [1.54, 1.807) is 24.3 Å². The highest BCUT2D eigenvalue weighted by Crippen LogP contribution is 2.37. The van der Waals surface area contributed by atoms with Gasteiger partial charge in [0.1, 0.15) is 6.61 Å². The van der Waals surface area contributed by atoms with E-state index in [9.17, 15) is 18.0 Å². The molecule has 0 unspecified atom stereocenters. The van der Waals surface area contributed by atoms with Crippen molar-refractivity contribution in [2.75, 3.05) is 7.11 Å². The van der Waals surface area contributed by atoms with Crippen molar-refractivity contribution in [3.63, 3.8) is 0 Å². The maximum Gasteiger partial charge on any atom is 0.417 e. The van der Waals surface area contributed by atoms with Gasteiger partial charge < -0.3 is 9.47 Å². The molecular weight excluding hydrogens is 525 g/mol. The van der Waals surface area contributed by atoms with Crippen molar-refractivity contribution in [1.29, 1.82) is 0 Å². The monoisotopic (exact) mass is 540 g/mol. The summed E-state index contributed by atoms with van der Waals surface area (Å²) >= 11 is 9.30. The van der Waals surface area contributed by atoms with Gasteiger partial charge in [0.05, 0.1) is 28.9 Å². The largest absolute Gasteiger partial charge is 0.493 e. The molecule has 33 heavy (non-hydrogen) atoms. The van der Waals surface area contributed by atoms with Gasteiger partial charge in [-0.05, 0) is 63.5 Å². The molecule has 0 aromatic heterocycles. The lowest BCUT2D eigenvalue weighted by Crippen LogP contribution is -2.22. The third-order valence-corrected chi connectivity index (χ3v) is 5.25. The minimum Gasteiger partial charge on any atom is -0.493 e. The number of nitrogens with one attached hydrogen (secondary N) is 1. The Bertz CT molecular complexity index is 1170. The minimum atomic E-state index is -4.66. The lowest BCUT2D eigenvalue weighted by Gasteiger charge is -2.13. The maximum absolute atomic E-state index is 13.1. The Morgan fingerprint density at radius 1 is 1.15 bits per heavy atom. The summed E-state index contributed by atoms with van der Waals surface area (Å²) in [6.07, 6.45) is -3.37. The SMILES string of the molecule is COc1cc(/C=N/NC(=O)c2ccccc2C(F)(F)F)cc(Br)c1OCc1ccc(Cl)cc1. The highest BCUT2D eigenvalue weighted by atomic mass is 79.9.